The SMILES string of the molecule is Cc1cnn(CCNC(=O)NCC(C)C(=O)O)c1. The highest BCUT2D eigenvalue weighted by atomic mass is 16.4. The van der Waals surface area contributed by atoms with Crippen molar-refractivity contribution in [2.75, 3.05) is 13.1 Å². The number of carboxylic acid groups (broad SMARTS) is 1. The predicted octanol–water partition coefficient (Wildman–Crippen LogP) is 0.211. The van der Waals surface area contributed by atoms with Crippen molar-refractivity contribution < 1.29 is 14.7 Å². The van der Waals surface area contributed by atoms with E-state index in [1.165, 1.54) is 6.92 Å². The molecule has 7 nitrogen and oxygen atoms in total. The first kappa shape index (κ1) is 14.0. The molecule has 1 rings (SSSR count). The van der Waals surface area contributed by atoms with E-state index in [0.717, 1.165) is 5.56 Å². The monoisotopic (exact) mass is 254 g/mol. The highest BCUT2D eigenvalue weighted by Gasteiger charge is 2.11. The number of aliphatic carboxylic acids is 1. The van der Waals surface area contributed by atoms with Crippen LogP contribution in [0.4, 0.5) is 4.79 Å². The number of rotatable bonds is 6. The lowest BCUT2D eigenvalue weighted by Gasteiger charge is -2.09. The first-order valence-electron chi connectivity index (χ1n) is 5.72. The molecular weight excluding hydrogens is 236 g/mol. The molecule has 7 heteroatoms. The summed E-state index contributed by atoms with van der Waals surface area (Å²) >= 11 is 0. The van der Waals surface area contributed by atoms with Gasteiger partial charge in [-0.15, -0.1) is 0 Å². The van der Waals surface area contributed by atoms with Crippen LogP contribution in [0.1, 0.15) is 12.5 Å². The molecule has 0 aromatic carbocycles. The quantitative estimate of drug-likeness (QED) is 0.676. The van der Waals surface area contributed by atoms with Crippen LogP contribution in [0.5, 0.6) is 0 Å². The number of nitrogens with one attached hydrogen (secondary N) is 2. The van der Waals surface area contributed by atoms with Gasteiger partial charge in [-0.2, -0.15) is 5.10 Å². The van der Waals surface area contributed by atoms with Gasteiger partial charge in [0.25, 0.3) is 0 Å². The number of carbonyl (C=O) groups excluding carboxylic acids is 1. The van der Waals surface area contributed by atoms with Gasteiger partial charge in [0.1, 0.15) is 0 Å². The summed E-state index contributed by atoms with van der Waals surface area (Å²) in [5, 5.41) is 17.8. The van der Waals surface area contributed by atoms with Gasteiger partial charge in [0, 0.05) is 19.3 Å². The van der Waals surface area contributed by atoms with Crippen molar-refractivity contribution in [1.29, 1.82) is 0 Å². The van der Waals surface area contributed by atoms with Gasteiger partial charge >= 0.3 is 12.0 Å². The smallest absolute Gasteiger partial charge is 0.314 e. The lowest BCUT2D eigenvalue weighted by molar-refractivity contribution is -0.140. The van der Waals surface area contributed by atoms with Crippen molar-refractivity contribution in [2.45, 2.75) is 20.4 Å². The molecule has 0 radical (unpaired) electrons. The molecule has 0 aliphatic rings. The van der Waals surface area contributed by atoms with Crippen LogP contribution in [-0.2, 0) is 11.3 Å². The van der Waals surface area contributed by atoms with Crippen molar-refractivity contribution in [2.24, 2.45) is 5.92 Å². The number of hydrogen-bond donors (Lipinski definition) is 3. The van der Waals surface area contributed by atoms with Gasteiger partial charge in [0.2, 0.25) is 0 Å². The van der Waals surface area contributed by atoms with Crippen LogP contribution in [0.25, 0.3) is 0 Å². The molecule has 0 saturated heterocycles. The second kappa shape index (κ2) is 6.63. The van der Waals surface area contributed by atoms with E-state index in [-0.39, 0.29) is 12.6 Å². The van der Waals surface area contributed by atoms with Crippen LogP contribution in [0, 0.1) is 12.8 Å². The Kier molecular flexibility index (Phi) is 5.16. The molecule has 1 aromatic heterocycles. The number of nitrogens with zero attached hydrogens (tertiary/aromatic N) is 2. The molecule has 18 heavy (non-hydrogen) atoms. The Labute approximate surface area is 105 Å². The molecule has 0 aliphatic heterocycles. The average Bonchev–Trinajstić information content (AvgIpc) is 2.71. The van der Waals surface area contributed by atoms with Crippen molar-refractivity contribution in [3.8, 4) is 0 Å². The Morgan fingerprint density at radius 2 is 2.22 bits per heavy atom. The molecule has 1 aromatic rings. The van der Waals surface area contributed by atoms with Gasteiger partial charge in [0.05, 0.1) is 18.7 Å². The summed E-state index contributed by atoms with van der Waals surface area (Å²) in [7, 11) is 0. The maximum Gasteiger partial charge on any atom is 0.314 e. The summed E-state index contributed by atoms with van der Waals surface area (Å²) < 4.78 is 1.73. The predicted molar refractivity (Wildman–Crippen MR) is 65.2 cm³/mol. The largest absolute Gasteiger partial charge is 0.481 e. The number of urea groups is 1. The number of aromatic nitrogens is 2. The summed E-state index contributed by atoms with van der Waals surface area (Å²) in [6.07, 6.45) is 3.63. The first-order valence-corrected chi connectivity index (χ1v) is 5.72. The fourth-order valence-electron chi connectivity index (χ4n) is 1.27. The number of hydrogen-bond acceptors (Lipinski definition) is 3. The summed E-state index contributed by atoms with van der Waals surface area (Å²) in [6.45, 7) is 4.61. The maximum absolute atomic E-state index is 11.3. The summed E-state index contributed by atoms with van der Waals surface area (Å²) in [5.74, 6) is -1.52. The Morgan fingerprint density at radius 3 is 2.78 bits per heavy atom. The highest BCUT2D eigenvalue weighted by molar-refractivity contribution is 5.75. The number of amides is 2. The van der Waals surface area contributed by atoms with E-state index in [2.05, 4.69) is 15.7 Å². The van der Waals surface area contributed by atoms with Crippen LogP contribution in [-0.4, -0.2) is 40.0 Å². The average molecular weight is 254 g/mol. The zero-order chi connectivity index (χ0) is 13.5. The van der Waals surface area contributed by atoms with Gasteiger partial charge in [-0.3, -0.25) is 9.48 Å². The van der Waals surface area contributed by atoms with Crippen molar-refractivity contribution in [1.82, 2.24) is 20.4 Å². The van der Waals surface area contributed by atoms with Crippen LogP contribution < -0.4 is 10.6 Å². The van der Waals surface area contributed by atoms with E-state index >= 15 is 0 Å². The number of carbonyl (C=O) groups is 2. The van der Waals surface area contributed by atoms with Crippen LogP contribution in [0.2, 0.25) is 0 Å². The van der Waals surface area contributed by atoms with Crippen LogP contribution in [0.3, 0.4) is 0 Å². The van der Waals surface area contributed by atoms with E-state index in [1.807, 2.05) is 13.1 Å². The molecule has 0 saturated carbocycles. The Hall–Kier alpha value is -2.05. The normalized spacial score (nSPS) is 11.9. The van der Waals surface area contributed by atoms with Gasteiger partial charge in [-0.05, 0) is 12.5 Å². The second-order valence-corrected chi connectivity index (χ2v) is 4.16. The Balaban J connectivity index is 2.15. The number of carboxylic acids is 1. The molecular formula is C11H18N4O3. The maximum atomic E-state index is 11.3. The van der Waals surface area contributed by atoms with E-state index < -0.39 is 11.9 Å². The Bertz CT molecular complexity index is 416. The summed E-state index contributed by atoms with van der Waals surface area (Å²) in [5.41, 5.74) is 1.06. The minimum Gasteiger partial charge on any atom is -0.481 e. The standard InChI is InChI=1S/C11H18N4O3/c1-8-5-14-15(7-8)4-3-12-11(18)13-6-9(2)10(16)17/h5,7,9H,3-4,6H2,1-2H3,(H,16,17)(H2,12,13,18). The topological polar surface area (TPSA) is 96.3 Å². The Morgan fingerprint density at radius 1 is 1.50 bits per heavy atom. The van der Waals surface area contributed by atoms with Crippen molar-refractivity contribution in [3.05, 3.63) is 18.0 Å². The molecule has 1 heterocycles. The molecule has 2 amide bonds. The van der Waals surface area contributed by atoms with E-state index in [4.69, 9.17) is 5.11 Å². The van der Waals surface area contributed by atoms with Crippen LogP contribution in [0.15, 0.2) is 12.4 Å². The van der Waals surface area contributed by atoms with E-state index in [9.17, 15) is 9.59 Å². The van der Waals surface area contributed by atoms with Gasteiger partial charge < -0.3 is 15.7 Å². The molecule has 3 N–H and O–H groups in total. The van der Waals surface area contributed by atoms with Gasteiger partial charge in [-0.1, -0.05) is 6.92 Å². The first-order chi connectivity index (χ1) is 8.49. The van der Waals surface area contributed by atoms with Gasteiger partial charge in [0.15, 0.2) is 0 Å². The third kappa shape index (κ3) is 4.86. The van der Waals surface area contributed by atoms with E-state index in [1.54, 1.807) is 10.9 Å². The zero-order valence-corrected chi connectivity index (χ0v) is 10.5. The molecule has 1 unspecified atom stereocenters. The minimum absolute atomic E-state index is 0.113. The lowest BCUT2D eigenvalue weighted by atomic mass is 10.2. The number of aryl methyl sites for hydroxylation is 1. The van der Waals surface area contributed by atoms with Crippen LogP contribution >= 0.6 is 0 Å². The zero-order valence-electron chi connectivity index (χ0n) is 10.5. The summed E-state index contributed by atoms with van der Waals surface area (Å²) in [4.78, 5) is 21.9. The molecule has 1 atom stereocenters. The van der Waals surface area contributed by atoms with Crippen molar-refractivity contribution >= 4 is 12.0 Å². The fraction of sp³-hybridized carbons (Fsp3) is 0.545. The summed E-state index contributed by atoms with van der Waals surface area (Å²) in [6, 6.07) is -0.369. The molecule has 100 valence electrons. The molecule has 0 bridgehead atoms. The lowest BCUT2D eigenvalue weighted by Crippen LogP contribution is -2.40. The van der Waals surface area contributed by atoms with E-state index in [0.29, 0.717) is 13.1 Å². The third-order valence-corrected chi connectivity index (χ3v) is 2.38. The second-order valence-electron chi connectivity index (χ2n) is 4.16. The third-order valence-electron chi connectivity index (χ3n) is 2.38. The highest BCUT2D eigenvalue weighted by Crippen LogP contribution is 1.93. The van der Waals surface area contributed by atoms with Crippen molar-refractivity contribution in [3.63, 3.8) is 0 Å². The molecule has 0 fully saturated rings. The molecule has 0 spiro atoms. The fourth-order valence-corrected chi connectivity index (χ4v) is 1.27. The van der Waals surface area contributed by atoms with Gasteiger partial charge in [-0.25, -0.2) is 4.79 Å². The minimum atomic E-state index is -0.928. The molecule has 0 aliphatic carbocycles.